The van der Waals surface area contributed by atoms with Crippen molar-refractivity contribution in [1.29, 1.82) is 0 Å². The molecule has 2 atom stereocenters. The third kappa shape index (κ3) is 4.66. The lowest BCUT2D eigenvalue weighted by Gasteiger charge is -2.40. The number of amides is 1. The molecule has 0 aliphatic carbocycles. The van der Waals surface area contributed by atoms with Gasteiger partial charge in [0.15, 0.2) is 5.78 Å². The lowest BCUT2D eigenvalue weighted by Crippen LogP contribution is -2.53. The summed E-state index contributed by atoms with van der Waals surface area (Å²) in [6, 6.07) is -0.287. The molecule has 1 fully saturated rings. The highest BCUT2D eigenvalue weighted by molar-refractivity contribution is 5.87. The summed E-state index contributed by atoms with van der Waals surface area (Å²) in [5.41, 5.74) is -0.539. The molecule has 0 radical (unpaired) electrons. The largest absolute Gasteiger partial charge is 0.444 e. The summed E-state index contributed by atoms with van der Waals surface area (Å²) in [5.74, 6) is 0.113. The second kappa shape index (κ2) is 6.91. The SMILES string of the molecule is C=CCCC(=O)C1CCCC(C)N1C(=O)OC(C)(C)C. The van der Waals surface area contributed by atoms with Gasteiger partial charge in [0, 0.05) is 12.5 Å². The van der Waals surface area contributed by atoms with Gasteiger partial charge in [-0.15, -0.1) is 6.58 Å². The van der Waals surface area contributed by atoms with Crippen LogP contribution in [0.5, 0.6) is 0 Å². The van der Waals surface area contributed by atoms with E-state index in [-0.39, 0.29) is 24.0 Å². The van der Waals surface area contributed by atoms with E-state index in [1.807, 2.05) is 27.7 Å². The van der Waals surface area contributed by atoms with Gasteiger partial charge in [-0.2, -0.15) is 0 Å². The van der Waals surface area contributed by atoms with Crippen molar-refractivity contribution in [3.8, 4) is 0 Å². The molecule has 0 saturated carbocycles. The number of nitrogens with zero attached hydrogens (tertiary/aromatic N) is 1. The Balaban J connectivity index is 2.82. The smallest absolute Gasteiger partial charge is 0.411 e. The monoisotopic (exact) mass is 281 g/mol. The standard InChI is InChI=1S/C16H27NO3/c1-6-7-11-14(18)13-10-8-9-12(2)17(13)15(19)20-16(3,4)5/h6,12-13H,1,7-11H2,2-5H3. The number of piperidine rings is 1. The van der Waals surface area contributed by atoms with Gasteiger partial charge in [0.1, 0.15) is 5.60 Å². The molecular weight excluding hydrogens is 254 g/mol. The van der Waals surface area contributed by atoms with Crippen molar-refractivity contribution >= 4 is 11.9 Å². The van der Waals surface area contributed by atoms with Gasteiger partial charge in [-0.1, -0.05) is 6.08 Å². The first-order valence-electron chi connectivity index (χ1n) is 7.41. The van der Waals surface area contributed by atoms with E-state index in [9.17, 15) is 9.59 Å². The Morgan fingerprint density at radius 3 is 2.55 bits per heavy atom. The molecule has 0 N–H and O–H groups in total. The van der Waals surface area contributed by atoms with Crippen LogP contribution in [0.4, 0.5) is 4.79 Å². The lowest BCUT2D eigenvalue weighted by molar-refractivity contribution is -0.126. The molecule has 1 amide bonds. The van der Waals surface area contributed by atoms with E-state index in [2.05, 4.69) is 6.58 Å². The zero-order valence-electron chi connectivity index (χ0n) is 13.1. The highest BCUT2D eigenvalue weighted by Crippen LogP contribution is 2.26. The summed E-state index contributed by atoms with van der Waals surface area (Å²) in [4.78, 5) is 26.3. The van der Waals surface area contributed by atoms with Crippen molar-refractivity contribution in [2.75, 3.05) is 0 Å². The Hall–Kier alpha value is -1.32. The third-order valence-corrected chi connectivity index (χ3v) is 3.48. The number of carbonyl (C=O) groups excluding carboxylic acids is 2. The van der Waals surface area contributed by atoms with Crippen molar-refractivity contribution in [2.45, 2.75) is 77.5 Å². The van der Waals surface area contributed by atoms with Crippen LogP contribution in [0, 0.1) is 0 Å². The van der Waals surface area contributed by atoms with Gasteiger partial charge in [-0.25, -0.2) is 4.79 Å². The van der Waals surface area contributed by atoms with Crippen molar-refractivity contribution in [2.24, 2.45) is 0 Å². The van der Waals surface area contributed by atoms with E-state index < -0.39 is 5.60 Å². The predicted octanol–water partition coefficient (Wildman–Crippen LogP) is 3.70. The highest BCUT2D eigenvalue weighted by atomic mass is 16.6. The number of allylic oxidation sites excluding steroid dienone is 1. The molecule has 2 unspecified atom stereocenters. The summed E-state index contributed by atoms with van der Waals surface area (Å²) in [5, 5.41) is 0. The average molecular weight is 281 g/mol. The molecule has 0 aromatic carbocycles. The quantitative estimate of drug-likeness (QED) is 0.738. The van der Waals surface area contributed by atoms with Crippen LogP contribution in [0.15, 0.2) is 12.7 Å². The third-order valence-electron chi connectivity index (χ3n) is 3.48. The molecule has 0 bridgehead atoms. The van der Waals surface area contributed by atoms with E-state index in [4.69, 9.17) is 4.74 Å². The molecule has 20 heavy (non-hydrogen) atoms. The molecule has 1 aliphatic rings. The number of hydrogen-bond donors (Lipinski definition) is 0. The van der Waals surface area contributed by atoms with Crippen molar-refractivity contribution in [3.05, 3.63) is 12.7 Å². The van der Waals surface area contributed by atoms with Gasteiger partial charge in [-0.3, -0.25) is 9.69 Å². The fourth-order valence-corrected chi connectivity index (χ4v) is 2.54. The van der Waals surface area contributed by atoms with Crippen LogP contribution in [0.1, 0.15) is 59.8 Å². The number of Topliss-reactive ketones (excluding diaryl/α,β-unsaturated/α-hetero) is 1. The van der Waals surface area contributed by atoms with Crippen molar-refractivity contribution in [1.82, 2.24) is 4.90 Å². The van der Waals surface area contributed by atoms with Crippen LogP contribution >= 0.6 is 0 Å². The minimum absolute atomic E-state index is 0.0521. The van der Waals surface area contributed by atoms with Gasteiger partial charge in [0.2, 0.25) is 0 Å². The minimum Gasteiger partial charge on any atom is -0.444 e. The zero-order valence-corrected chi connectivity index (χ0v) is 13.1. The Bertz CT molecular complexity index is 370. The van der Waals surface area contributed by atoms with Gasteiger partial charge in [-0.05, 0) is 53.4 Å². The van der Waals surface area contributed by atoms with Gasteiger partial charge < -0.3 is 4.74 Å². The van der Waals surface area contributed by atoms with E-state index in [1.54, 1.807) is 11.0 Å². The molecule has 0 aromatic rings. The second-order valence-corrected chi connectivity index (χ2v) is 6.48. The molecule has 0 aromatic heterocycles. The summed E-state index contributed by atoms with van der Waals surface area (Å²) in [6.07, 6.45) is 5.10. The summed E-state index contributed by atoms with van der Waals surface area (Å²) >= 11 is 0. The van der Waals surface area contributed by atoms with Crippen LogP contribution < -0.4 is 0 Å². The molecular formula is C16H27NO3. The van der Waals surface area contributed by atoms with Crippen LogP contribution in [0.2, 0.25) is 0 Å². The van der Waals surface area contributed by atoms with Gasteiger partial charge >= 0.3 is 6.09 Å². The first-order chi connectivity index (χ1) is 9.26. The van der Waals surface area contributed by atoms with Crippen molar-refractivity contribution < 1.29 is 14.3 Å². The maximum atomic E-state index is 12.3. The maximum Gasteiger partial charge on any atom is 0.411 e. The fourth-order valence-electron chi connectivity index (χ4n) is 2.54. The summed E-state index contributed by atoms with van der Waals surface area (Å²) in [7, 11) is 0. The number of rotatable bonds is 4. The Morgan fingerprint density at radius 2 is 2.00 bits per heavy atom. The second-order valence-electron chi connectivity index (χ2n) is 6.48. The first kappa shape index (κ1) is 16.7. The van der Waals surface area contributed by atoms with Crippen LogP contribution in [0.25, 0.3) is 0 Å². The zero-order chi connectivity index (χ0) is 15.3. The molecule has 0 spiro atoms. The molecule has 4 heteroatoms. The Morgan fingerprint density at radius 1 is 1.35 bits per heavy atom. The normalized spacial score (nSPS) is 23.3. The van der Waals surface area contributed by atoms with E-state index >= 15 is 0 Å². The van der Waals surface area contributed by atoms with Crippen LogP contribution in [0.3, 0.4) is 0 Å². The molecule has 1 heterocycles. The number of ether oxygens (including phenoxy) is 1. The van der Waals surface area contributed by atoms with Gasteiger partial charge in [0.25, 0.3) is 0 Å². The van der Waals surface area contributed by atoms with E-state index in [1.165, 1.54) is 0 Å². The maximum absolute atomic E-state index is 12.3. The minimum atomic E-state index is -0.539. The number of ketones is 1. The average Bonchev–Trinajstić information content (AvgIpc) is 2.33. The molecule has 1 saturated heterocycles. The Labute approximate surface area is 122 Å². The molecule has 114 valence electrons. The van der Waals surface area contributed by atoms with Gasteiger partial charge in [0.05, 0.1) is 6.04 Å². The summed E-state index contributed by atoms with van der Waals surface area (Å²) < 4.78 is 5.45. The van der Waals surface area contributed by atoms with Crippen LogP contribution in [-0.4, -0.2) is 34.5 Å². The lowest BCUT2D eigenvalue weighted by atomic mass is 9.92. The van der Waals surface area contributed by atoms with E-state index in [0.717, 1.165) is 19.3 Å². The molecule has 4 nitrogen and oxygen atoms in total. The Kier molecular flexibility index (Phi) is 5.78. The fraction of sp³-hybridized carbons (Fsp3) is 0.750. The summed E-state index contributed by atoms with van der Waals surface area (Å²) in [6.45, 7) is 11.1. The predicted molar refractivity (Wildman–Crippen MR) is 79.6 cm³/mol. The first-order valence-corrected chi connectivity index (χ1v) is 7.41. The van der Waals surface area contributed by atoms with Crippen LogP contribution in [-0.2, 0) is 9.53 Å². The number of likely N-dealkylation sites (tertiary alicyclic amines) is 1. The molecule has 1 rings (SSSR count). The number of carbonyl (C=O) groups is 2. The highest BCUT2D eigenvalue weighted by Gasteiger charge is 2.37. The molecule has 1 aliphatic heterocycles. The van der Waals surface area contributed by atoms with E-state index in [0.29, 0.717) is 12.8 Å². The topological polar surface area (TPSA) is 46.6 Å². The number of hydrogen-bond acceptors (Lipinski definition) is 3. The van der Waals surface area contributed by atoms with Crippen molar-refractivity contribution in [3.63, 3.8) is 0 Å².